The first-order valence-corrected chi connectivity index (χ1v) is 8.92. The molecule has 0 aliphatic carbocycles. The van der Waals surface area contributed by atoms with Crippen LogP contribution in [0.5, 0.6) is 11.5 Å². The van der Waals surface area contributed by atoms with Crippen LogP contribution in [-0.2, 0) is 9.59 Å². The molecule has 0 heterocycles. The monoisotopic (exact) mass is 423 g/mol. The molecule has 0 fully saturated rings. The van der Waals surface area contributed by atoms with Crippen LogP contribution in [0.3, 0.4) is 0 Å². The molecule has 0 aromatic heterocycles. The Bertz CT molecular complexity index is 886. The van der Waals surface area contributed by atoms with E-state index in [0.717, 1.165) is 5.56 Å². The van der Waals surface area contributed by atoms with Gasteiger partial charge in [-0.3, -0.25) is 9.59 Å². The van der Waals surface area contributed by atoms with Gasteiger partial charge in [0.2, 0.25) is 6.04 Å². The zero-order valence-electron chi connectivity index (χ0n) is 15.7. The lowest BCUT2D eigenvalue weighted by molar-refractivity contribution is -0.126. The highest BCUT2D eigenvalue weighted by molar-refractivity contribution is 6.33. The SMILES string of the molecule is COc1cc(Cl)cc(OC)c1NC(=O)C(N=Nc1c(C)cccc1Cl)C(C)=O. The van der Waals surface area contributed by atoms with Gasteiger partial charge in [-0.1, -0.05) is 35.3 Å². The van der Waals surface area contributed by atoms with Crippen LogP contribution in [0.4, 0.5) is 11.4 Å². The number of rotatable bonds is 7. The first kappa shape index (κ1) is 21.7. The number of hydrogen-bond acceptors (Lipinski definition) is 6. The Hall–Kier alpha value is -2.64. The number of Topliss-reactive ketones (excluding diaryl/α,β-unsaturated/α-hetero) is 1. The van der Waals surface area contributed by atoms with Crippen LogP contribution in [0.25, 0.3) is 0 Å². The summed E-state index contributed by atoms with van der Waals surface area (Å²) < 4.78 is 10.5. The zero-order valence-corrected chi connectivity index (χ0v) is 17.3. The highest BCUT2D eigenvalue weighted by Crippen LogP contribution is 2.38. The second-order valence-electron chi connectivity index (χ2n) is 5.81. The summed E-state index contributed by atoms with van der Waals surface area (Å²) in [6.45, 7) is 3.05. The van der Waals surface area contributed by atoms with Crippen molar-refractivity contribution in [1.82, 2.24) is 0 Å². The van der Waals surface area contributed by atoms with Crippen molar-refractivity contribution < 1.29 is 19.1 Å². The van der Waals surface area contributed by atoms with E-state index in [1.807, 2.05) is 0 Å². The molecule has 148 valence electrons. The van der Waals surface area contributed by atoms with Crippen LogP contribution in [0.15, 0.2) is 40.6 Å². The molecule has 2 aromatic rings. The third-order valence-corrected chi connectivity index (χ3v) is 4.34. The van der Waals surface area contributed by atoms with Gasteiger partial charge < -0.3 is 14.8 Å². The second-order valence-corrected chi connectivity index (χ2v) is 6.65. The number of methoxy groups -OCH3 is 2. The van der Waals surface area contributed by atoms with E-state index >= 15 is 0 Å². The Kier molecular flexibility index (Phi) is 7.37. The summed E-state index contributed by atoms with van der Waals surface area (Å²) in [5, 5.41) is 11.3. The molecule has 0 aliphatic rings. The summed E-state index contributed by atoms with van der Waals surface area (Å²) in [5.41, 5.74) is 1.39. The predicted molar refractivity (Wildman–Crippen MR) is 108 cm³/mol. The highest BCUT2D eigenvalue weighted by atomic mass is 35.5. The normalized spacial score (nSPS) is 11.9. The summed E-state index contributed by atoms with van der Waals surface area (Å²) in [4.78, 5) is 24.7. The van der Waals surface area contributed by atoms with Crippen molar-refractivity contribution in [1.29, 1.82) is 0 Å². The number of aryl methyl sites for hydroxylation is 1. The largest absolute Gasteiger partial charge is 0.494 e. The molecular weight excluding hydrogens is 405 g/mol. The van der Waals surface area contributed by atoms with Gasteiger partial charge in [-0.2, -0.15) is 10.2 Å². The van der Waals surface area contributed by atoms with E-state index in [0.29, 0.717) is 15.7 Å². The molecule has 2 rings (SSSR count). The van der Waals surface area contributed by atoms with Crippen molar-refractivity contribution >= 4 is 46.3 Å². The summed E-state index contributed by atoms with van der Waals surface area (Å²) in [5.74, 6) is -0.629. The molecule has 0 saturated heterocycles. The zero-order chi connectivity index (χ0) is 20.8. The fraction of sp³-hybridized carbons (Fsp3) is 0.263. The molecule has 0 aliphatic heterocycles. The molecule has 1 amide bonds. The number of amides is 1. The number of anilines is 1. The van der Waals surface area contributed by atoms with Crippen LogP contribution in [0, 0.1) is 6.92 Å². The second kappa shape index (κ2) is 9.52. The van der Waals surface area contributed by atoms with Gasteiger partial charge in [0.25, 0.3) is 5.91 Å². The van der Waals surface area contributed by atoms with Gasteiger partial charge in [-0.05, 0) is 25.5 Å². The summed E-state index contributed by atoms with van der Waals surface area (Å²) >= 11 is 12.1. The number of nitrogens with one attached hydrogen (secondary N) is 1. The topological polar surface area (TPSA) is 89.3 Å². The Morgan fingerprint density at radius 1 is 1.11 bits per heavy atom. The highest BCUT2D eigenvalue weighted by Gasteiger charge is 2.26. The average molecular weight is 424 g/mol. The molecule has 2 aromatic carbocycles. The van der Waals surface area contributed by atoms with Crippen molar-refractivity contribution in [2.24, 2.45) is 10.2 Å². The van der Waals surface area contributed by atoms with Crippen molar-refractivity contribution in [3.05, 3.63) is 45.9 Å². The molecular formula is C19H19Cl2N3O4. The number of benzene rings is 2. The van der Waals surface area contributed by atoms with Gasteiger partial charge in [0.05, 0.1) is 19.2 Å². The molecule has 1 N–H and O–H groups in total. The van der Waals surface area contributed by atoms with Crippen molar-refractivity contribution in [2.45, 2.75) is 19.9 Å². The van der Waals surface area contributed by atoms with E-state index in [9.17, 15) is 9.59 Å². The molecule has 0 radical (unpaired) electrons. The molecule has 0 spiro atoms. The van der Waals surface area contributed by atoms with Gasteiger partial charge in [0.1, 0.15) is 22.9 Å². The van der Waals surface area contributed by atoms with E-state index < -0.39 is 17.7 Å². The van der Waals surface area contributed by atoms with Crippen LogP contribution in [0.2, 0.25) is 10.0 Å². The lowest BCUT2D eigenvalue weighted by Crippen LogP contribution is -2.32. The van der Waals surface area contributed by atoms with E-state index in [4.69, 9.17) is 32.7 Å². The fourth-order valence-corrected chi connectivity index (χ4v) is 2.84. The van der Waals surface area contributed by atoms with Gasteiger partial charge in [0, 0.05) is 17.2 Å². The van der Waals surface area contributed by atoms with Gasteiger partial charge >= 0.3 is 0 Å². The number of azo groups is 1. The van der Waals surface area contributed by atoms with E-state index in [1.165, 1.54) is 33.3 Å². The van der Waals surface area contributed by atoms with E-state index in [2.05, 4.69) is 15.5 Å². The van der Waals surface area contributed by atoms with E-state index in [-0.39, 0.29) is 17.2 Å². The molecule has 7 nitrogen and oxygen atoms in total. The molecule has 1 unspecified atom stereocenters. The smallest absolute Gasteiger partial charge is 0.259 e. The first-order valence-electron chi connectivity index (χ1n) is 8.17. The molecule has 0 bridgehead atoms. The van der Waals surface area contributed by atoms with Crippen LogP contribution in [-0.4, -0.2) is 32.0 Å². The summed E-state index contributed by atoms with van der Waals surface area (Å²) in [7, 11) is 2.84. The van der Waals surface area contributed by atoms with Gasteiger partial charge in [-0.15, -0.1) is 0 Å². The maximum atomic E-state index is 12.7. The summed E-state index contributed by atoms with van der Waals surface area (Å²) in [6.07, 6.45) is 0. The standard InChI is InChI=1S/C19H19Cl2N3O4/c1-10-6-5-7-13(21)16(10)23-24-17(11(2)25)19(26)22-18-14(27-3)8-12(20)9-15(18)28-4/h5-9,17H,1-4H3,(H,22,26). The molecule has 28 heavy (non-hydrogen) atoms. The number of hydrogen-bond donors (Lipinski definition) is 1. The Morgan fingerprint density at radius 3 is 2.21 bits per heavy atom. The minimum atomic E-state index is -1.37. The number of nitrogens with zero attached hydrogens (tertiary/aromatic N) is 2. The Morgan fingerprint density at radius 2 is 1.71 bits per heavy atom. The Labute approximate surface area is 172 Å². The van der Waals surface area contributed by atoms with Gasteiger partial charge in [-0.25, -0.2) is 0 Å². The Balaban J connectivity index is 2.35. The first-order chi connectivity index (χ1) is 13.3. The lowest BCUT2D eigenvalue weighted by atomic mass is 10.2. The molecule has 0 saturated carbocycles. The number of carbonyl (C=O) groups is 2. The maximum Gasteiger partial charge on any atom is 0.259 e. The van der Waals surface area contributed by atoms with Crippen LogP contribution < -0.4 is 14.8 Å². The number of ketones is 1. The summed E-state index contributed by atoms with van der Waals surface area (Å²) in [6, 6.07) is 6.86. The van der Waals surface area contributed by atoms with Crippen molar-refractivity contribution in [3.8, 4) is 11.5 Å². The van der Waals surface area contributed by atoms with Crippen LogP contribution >= 0.6 is 23.2 Å². The van der Waals surface area contributed by atoms with Gasteiger partial charge in [0.15, 0.2) is 5.78 Å². The number of ether oxygens (including phenoxy) is 2. The maximum absolute atomic E-state index is 12.7. The fourth-order valence-electron chi connectivity index (χ4n) is 2.38. The minimum absolute atomic E-state index is 0.231. The van der Waals surface area contributed by atoms with Crippen molar-refractivity contribution in [2.75, 3.05) is 19.5 Å². The number of halogens is 2. The van der Waals surface area contributed by atoms with Crippen LogP contribution in [0.1, 0.15) is 12.5 Å². The lowest BCUT2D eigenvalue weighted by Gasteiger charge is -2.16. The quantitative estimate of drug-likeness (QED) is 0.501. The van der Waals surface area contributed by atoms with E-state index in [1.54, 1.807) is 25.1 Å². The molecule has 9 heteroatoms. The van der Waals surface area contributed by atoms with Crippen molar-refractivity contribution in [3.63, 3.8) is 0 Å². The average Bonchev–Trinajstić information content (AvgIpc) is 2.64. The number of carbonyl (C=O) groups excluding carboxylic acids is 2. The minimum Gasteiger partial charge on any atom is -0.494 e. The predicted octanol–water partition coefficient (Wildman–Crippen LogP) is 5.00. The third-order valence-electron chi connectivity index (χ3n) is 3.81. The third kappa shape index (κ3) is 4.99. The molecule has 1 atom stereocenters.